The Bertz CT molecular complexity index is 537. The molecule has 2 bridgehead atoms. The van der Waals surface area contributed by atoms with Crippen LogP contribution in [0.2, 0.25) is 0 Å². The summed E-state index contributed by atoms with van der Waals surface area (Å²) in [5.74, 6) is 0.160. The van der Waals surface area contributed by atoms with Gasteiger partial charge in [-0.15, -0.1) is 0 Å². The number of fused-ring (bicyclic) bond motifs is 2. The van der Waals surface area contributed by atoms with Crippen LogP contribution in [0.3, 0.4) is 0 Å². The van der Waals surface area contributed by atoms with Crippen molar-refractivity contribution in [3.63, 3.8) is 0 Å². The number of benzene rings is 1. The second-order valence-corrected chi connectivity index (χ2v) is 6.74. The van der Waals surface area contributed by atoms with Crippen LogP contribution in [0, 0.1) is 19.8 Å². The highest BCUT2D eigenvalue weighted by Gasteiger charge is 2.48. The fourth-order valence-corrected chi connectivity index (χ4v) is 4.17. The molecule has 0 amide bonds. The molecule has 0 aromatic heterocycles. The van der Waals surface area contributed by atoms with Crippen molar-refractivity contribution in [2.75, 3.05) is 13.2 Å². The van der Waals surface area contributed by atoms with E-state index in [9.17, 15) is 9.90 Å². The summed E-state index contributed by atoms with van der Waals surface area (Å²) < 4.78 is 5.85. The fourth-order valence-electron chi connectivity index (χ4n) is 4.17. The fraction of sp³-hybridized carbons (Fsp3) is 0.611. The molecule has 1 aromatic carbocycles. The summed E-state index contributed by atoms with van der Waals surface area (Å²) in [6.07, 6.45) is 3.98. The van der Waals surface area contributed by atoms with E-state index < -0.39 is 5.97 Å². The summed E-state index contributed by atoms with van der Waals surface area (Å²) in [6, 6.07) is 7.00. The monoisotopic (exact) mass is 303 g/mol. The minimum atomic E-state index is -0.622. The second kappa shape index (κ2) is 6.29. The number of ether oxygens (including phenoxy) is 1. The average molecular weight is 303 g/mol. The first kappa shape index (κ1) is 15.3. The van der Waals surface area contributed by atoms with Crippen LogP contribution in [-0.2, 0) is 4.79 Å². The topological polar surface area (TPSA) is 49.8 Å². The maximum atomic E-state index is 11.3. The number of carboxylic acid groups (broad SMARTS) is 1. The highest BCUT2D eigenvalue weighted by atomic mass is 16.5. The molecule has 0 spiro atoms. The number of aliphatic carboxylic acids is 1. The van der Waals surface area contributed by atoms with Crippen LogP contribution >= 0.6 is 0 Å². The van der Waals surface area contributed by atoms with Gasteiger partial charge in [0, 0.05) is 18.6 Å². The molecule has 0 aliphatic carbocycles. The average Bonchev–Trinajstić information content (AvgIpc) is 2.99. The molecule has 2 heterocycles. The standard InChI is InChI=1S/C18H25NO3/c1-12-8-13(2)10-15(9-12)22-7-3-6-19-14-4-5-17(19)16(11-14)18(20)21/h8-10,14,16-17H,3-7,11H2,1-2H3,(H,20,21). The Morgan fingerprint density at radius 1 is 1.27 bits per heavy atom. The molecule has 4 heteroatoms. The lowest BCUT2D eigenvalue weighted by atomic mass is 9.89. The smallest absolute Gasteiger partial charge is 0.308 e. The van der Waals surface area contributed by atoms with Gasteiger partial charge >= 0.3 is 5.97 Å². The Morgan fingerprint density at radius 3 is 2.64 bits per heavy atom. The van der Waals surface area contributed by atoms with Gasteiger partial charge in [-0.1, -0.05) is 6.07 Å². The maximum absolute atomic E-state index is 11.3. The number of carboxylic acids is 1. The Kier molecular flexibility index (Phi) is 4.39. The van der Waals surface area contributed by atoms with Gasteiger partial charge in [0.05, 0.1) is 12.5 Å². The first-order valence-corrected chi connectivity index (χ1v) is 8.24. The van der Waals surface area contributed by atoms with Crippen LogP contribution < -0.4 is 4.74 Å². The van der Waals surface area contributed by atoms with Crippen molar-refractivity contribution in [1.29, 1.82) is 0 Å². The summed E-state index contributed by atoms with van der Waals surface area (Å²) in [4.78, 5) is 13.7. The molecular formula is C18H25NO3. The Hall–Kier alpha value is -1.55. The van der Waals surface area contributed by atoms with Crippen LogP contribution in [0.1, 0.15) is 36.8 Å². The van der Waals surface area contributed by atoms with Gasteiger partial charge < -0.3 is 9.84 Å². The largest absolute Gasteiger partial charge is 0.494 e. The summed E-state index contributed by atoms with van der Waals surface area (Å²) in [7, 11) is 0. The number of hydrogen-bond donors (Lipinski definition) is 1. The number of hydrogen-bond acceptors (Lipinski definition) is 3. The Morgan fingerprint density at radius 2 is 2.00 bits per heavy atom. The van der Waals surface area contributed by atoms with E-state index in [2.05, 4.69) is 36.9 Å². The maximum Gasteiger partial charge on any atom is 0.308 e. The van der Waals surface area contributed by atoms with Crippen LogP contribution in [0.5, 0.6) is 5.75 Å². The van der Waals surface area contributed by atoms with E-state index in [1.54, 1.807) is 0 Å². The zero-order valence-corrected chi connectivity index (χ0v) is 13.4. The highest BCUT2D eigenvalue weighted by Crippen LogP contribution is 2.41. The second-order valence-electron chi connectivity index (χ2n) is 6.74. The number of rotatable bonds is 6. The third-order valence-electron chi connectivity index (χ3n) is 5.02. The molecule has 3 atom stereocenters. The summed E-state index contributed by atoms with van der Waals surface area (Å²) in [5.41, 5.74) is 2.44. The predicted molar refractivity (Wildman–Crippen MR) is 85.3 cm³/mol. The normalized spacial score (nSPS) is 27.3. The summed E-state index contributed by atoms with van der Waals surface area (Å²) in [6.45, 7) is 5.79. The van der Waals surface area contributed by atoms with E-state index in [0.29, 0.717) is 12.6 Å². The van der Waals surface area contributed by atoms with Crippen molar-refractivity contribution in [2.24, 2.45) is 5.92 Å². The Labute approximate surface area is 132 Å². The van der Waals surface area contributed by atoms with Crippen molar-refractivity contribution < 1.29 is 14.6 Å². The lowest BCUT2D eigenvalue weighted by molar-refractivity contribution is -0.142. The lowest BCUT2D eigenvalue weighted by Gasteiger charge is -2.22. The SMILES string of the molecule is Cc1cc(C)cc(OCCCN2C3CCC2C(C(=O)O)C3)c1. The predicted octanol–water partition coefficient (Wildman–Crippen LogP) is 3.01. The first-order chi connectivity index (χ1) is 10.5. The van der Waals surface area contributed by atoms with E-state index in [4.69, 9.17) is 4.74 Å². The van der Waals surface area contributed by atoms with Crippen LogP contribution in [-0.4, -0.2) is 41.2 Å². The van der Waals surface area contributed by atoms with Crippen LogP contribution in [0.15, 0.2) is 18.2 Å². The zero-order valence-electron chi connectivity index (χ0n) is 13.4. The van der Waals surface area contributed by atoms with Gasteiger partial charge in [0.2, 0.25) is 0 Å². The van der Waals surface area contributed by atoms with Gasteiger partial charge in [-0.2, -0.15) is 0 Å². The Balaban J connectivity index is 1.47. The lowest BCUT2D eigenvalue weighted by Crippen LogP contribution is -2.34. The van der Waals surface area contributed by atoms with Gasteiger partial charge in [-0.25, -0.2) is 0 Å². The molecule has 2 saturated heterocycles. The minimum Gasteiger partial charge on any atom is -0.494 e. The highest BCUT2D eigenvalue weighted by molar-refractivity contribution is 5.71. The molecule has 2 fully saturated rings. The van der Waals surface area contributed by atoms with E-state index in [1.165, 1.54) is 11.1 Å². The molecule has 120 valence electrons. The molecule has 3 unspecified atom stereocenters. The van der Waals surface area contributed by atoms with E-state index >= 15 is 0 Å². The minimum absolute atomic E-state index is 0.154. The quantitative estimate of drug-likeness (QED) is 0.821. The van der Waals surface area contributed by atoms with Crippen molar-refractivity contribution in [2.45, 2.75) is 51.6 Å². The number of aryl methyl sites for hydroxylation is 2. The first-order valence-electron chi connectivity index (χ1n) is 8.24. The van der Waals surface area contributed by atoms with Crippen molar-refractivity contribution in [3.8, 4) is 5.75 Å². The number of carbonyl (C=O) groups is 1. The molecule has 2 aliphatic rings. The van der Waals surface area contributed by atoms with Gasteiger partial charge in [-0.3, -0.25) is 9.69 Å². The van der Waals surface area contributed by atoms with Crippen LogP contribution in [0.4, 0.5) is 0 Å². The summed E-state index contributed by atoms with van der Waals surface area (Å²) >= 11 is 0. The van der Waals surface area contributed by atoms with Gasteiger partial charge in [0.25, 0.3) is 0 Å². The van der Waals surface area contributed by atoms with Crippen LogP contribution in [0.25, 0.3) is 0 Å². The number of nitrogens with zero attached hydrogens (tertiary/aromatic N) is 1. The molecule has 3 rings (SSSR count). The molecule has 1 aromatic rings. The van der Waals surface area contributed by atoms with Crippen molar-refractivity contribution >= 4 is 5.97 Å². The molecule has 0 saturated carbocycles. The van der Waals surface area contributed by atoms with E-state index in [0.717, 1.165) is 38.0 Å². The van der Waals surface area contributed by atoms with Gasteiger partial charge in [0.1, 0.15) is 5.75 Å². The van der Waals surface area contributed by atoms with E-state index in [1.807, 2.05) is 0 Å². The molecular weight excluding hydrogens is 278 g/mol. The molecule has 4 nitrogen and oxygen atoms in total. The van der Waals surface area contributed by atoms with Gasteiger partial charge in [0.15, 0.2) is 0 Å². The molecule has 2 aliphatic heterocycles. The molecule has 1 N–H and O–H groups in total. The third-order valence-corrected chi connectivity index (χ3v) is 5.02. The molecule has 0 radical (unpaired) electrons. The zero-order chi connectivity index (χ0) is 15.7. The van der Waals surface area contributed by atoms with Crippen molar-refractivity contribution in [3.05, 3.63) is 29.3 Å². The van der Waals surface area contributed by atoms with Gasteiger partial charge in [-0.05, 0) is 62.8 Å². The summed E-state index contributed by atoms with van der Waals surface area (Å²) in [5, 5.41) is 9.27. The molecule has 22 heavy (non-hydrogen) atoms. The third kappa shape index (κ3) is 3.12. The van der Waals surface area contributed by atoms with Crippen molar-refractivity contribution in [1.82, 2.24) is 4.90 Å². The van der Waals surface area contributed by atoms with E-state index in [-0.39, 0.29) is 12.0 Å².